The summed E-state index contributed by atoms with van der Waals surface area (Å²) in [6.07, 6.45) is 2.82. The van der Waals surface area contributed by atoms with Gasteiger partial charge in [0.15, 0.2) is 0 Å². The van der Waals surface area contributed by atoms with E-state index in [1.807, 2.05) is 0 Å². The van der Waals surface area contributed by atoms with Gasteiger partial charge in [0, 0.05) is 18.2 Å². The van der Waals surface area contributed by atoms with Crippen molar-refractivity contribution < 1.29 is 14.7 Å². The molecule has 8 heteroatoms. The third kappa shape index (κ3) is 3.80. The number of carbonyl (C=O) groups excluding carboxylic acids is 1. The average molecular weight is 295 g/mol. The van der Waals surface area contributed by atoms with Crippen molar-refractivity contribution in [2.45, 2.75) is 38.3 Å². The zero-order valence-corrected chi connectivity index (χ0v) is 11.4. The van der Waals surface area contributed by atoms with Gasteiger partial charge in [-0.15, -0.1) is 0 Å². The Bertz CT molecular complexity index is 648. The van der Waals surface area contributed by atoms with Crippen LogP contribution in [0.25, 0.3) is 0 Å². The topological polar surface area (TPSA) is 121 Å². The third-order valence-corrected chi connectivity index (χ3v) is 3.62. The molecule has 0 aliphatic heterocycles. The number of amides is 1. The Kier molecular flexibility index (Phi) is 4.56. The van der Waals surface area contributed by atoms with E-state index < -0.39 is 35.0 Å². The van der Waals surface area contributed by atoms with Crippen molar-refractivity contribution in [2.24, 2.45) is 5.92 Å². The van der Waals surface area contributed by atoms with Gasteiger partial charge in [-0.1, -0.05) is 12.8 Å². The molecule has 1 heterocycles. The normalized spacial score (nSPS) is 21.7. The Hall–Kier alpha value is -2.38. The molecule has 1 aliphatic rings. The van der Waals surface area contributed by atoms with E-state index in [0.717, 1.165) is 29.7 Å². The molecule has 8 nitrogen and oxygen atoms in total. The second-order valence-corrected chi connectivity index (χ2v) is 5.14. The zero-order valence-electron chi connectivity index (χ0n) is 11.4. The Morgan fingerprint density at radius 1 is 1.29 bits per heavy atom. The molecule has 1 amide bonds. The number of aromatic nitrogens is 2. The number of H-pyrrole nitrogens is 1. The van der Waals surface area contributed by atoms with Crippen LogP contribution in [-0.2, 0) is 16.1 Å². The zero-order chi connectivity index (χ0) is 15.4. The molecule has 114 valence electrons. The number of nitrogens with zero attached hydrogens (tertiary/aromatic N) is 1. The van der Waals surface area contributed by atoms with Gasteiger partial charge in [-0.25, -0.2) is 4.68 Å². The van der Waals surface area contributed by atoms with Gasteiger partial charge >= 0.3 is 5.97 Å². The van der Waals surface area contributed by atoms with Crippen molar-refractivity contribution >= 4 is 11.9 Å². The van der Waals surface area contributed by atoms with Crippen LogP contribution in [-0.4, -0.2) is 32.8 Å². The van der Waals surface area contributed by atoms with Crippen LogP contribution >= 0.6 is 0 Å². The van der Waals surface area contributed by atoms with Crippen LogP contribution in [0.2, 0.25) is 0 Å². The summed E-state index contributed by atoms with van der Waals surface area (Å²) < 4.78 is 0.899. The van der Waals surface area contributed by atoms with E-state index in [9.17, 15) is 19.2 Å². The van der Waals surface area contributed by atoms with Gasteiger partial charge in [0.1, 0.15) is 6.54 Å². The maximum Gasteiger partial charge on any atom is 0.308 e. The van der Waals surface area contributed by atoms with Crippen LogP contribution < -0.4 is 16.4 Å². The predicted octanol–water partition coefficient (Wildman–Crippen LogP) is -0.704. The summed E-state index contributed by atoms with van der Waals surface area (Å²) in [6, 6.07) is 1.72. The quantitative estimate of drug-likeness (QED) is 0.678. The maximum absolute atomic E-state index is 11.9. The fourth-order valence-electron chi connectivity index (χ4n) is 2.58. The van der Waals surface area contributed by atoms with Crippen LogP contribution in [0.5, 0.6) is 0 Å². The van der Waals surface area contributed by atoms with Crippen LogP contribution in [0, 0.1) is 5.92 Å². The van der Waals surface area contributed by atoms with Crippen molar-refractivity contribution in [3.63, 3.8) is 0 Å². The van der Waals surface area contributed by atoms with Crippen molar-refractivity contribution in [1.29, 1.82) is 0 Å². The van der Waals surface area contributed by atoms with Crippen molar-refractivity contribution in [3.8, 4) is 0 Å². The Morgan fingerprint density at radius 3 is 2.71 bits per heavy atom. The molecule has 21 heavy (non-hydrogen) atoms. The van der Waals surface area contributed by atoms with Crippen LogP contribution in [0.4, 0.5) is 0 Å². The minimum absolute atomic E-state index is 0.336. The number of aliphatic carboxylic acids is 1. The lowest BCUT2D eigenvalue weighted by Gasteiger charge is -2.29. The number of aromatic amines is 1. The Labute approximate surface area is 119 Å². The summed E-state index contributed by atoms with van der Waals surface area (Å²) in [6.45, 7) is -0.336. The first kappa shape index (κ1) is 15.0. The van der Waals surface area contributed by atoms with Gasteiger partial charge in [-0.3, -0.25) is 24.3 Å². The van der Waals surface area contributed by atoms with Crippen molar-refractivity contribution in [1.82, 2.24) is 15.1 Å². The predicted molar refractivity (Wildman–Crippen MR) is 72.8 cm³/mol. The molecule has 1 aromatic rings. The fourth-order valence-corrected chi connectivity index (χ4v) is 2.58. The smallest absolute Gasteiger partial charge is 0.308 e. The molecule has 3 N–H and O–H groups in total. The van der Waals surface area contributed by atoms with E-state index in [1.165, 1.54) is 0 Å². The molecular weight excluding hydrogens is 278 g/mol. The number of nitrogens with one attached hydrogen (secondary N) is 2. The monoisotopic (exact) mass is 295 g/mol. The van der Waals surface area contributed by atoms with E-state index in [4.69, 9.17) is 5.11 Å². The van der Waals surface area contributed by atoms with Gasteiger partial charge in [-0.05, 0) is 12.8 Å². The van der Waals surface area contributed by atoms with Gasteiger partial charge in [0.05, 0.1) is 5.92 Å². The molecule has 2 rings (SSSR count). The van der Waals surface area contributed by atoms with E-state index >= 15 is 0 Å². The SMILES string of the molecule is O=C(Cn1[nH]c(=O)ccc1=O)NC1CCCCC1C(=O)O. The third-order valence-electron chi connectivity index (χ3n) is 3.62. The highest BCUT2D eigenvalue weighted by atomic mass is 16.4. The van der Waals surface area contributed by atoms with Crippen molar-refractivity contribution in [3.05, 3.63) is 32.8 Å². The molecule has 1 aromatic heterocycles. The lowest BCUT2D eigenvalue weighted by Crippen LogP contribution is -2.47. The molecule has 0 bridgehead atoms. The van der Waals surface area contributed by atoms with E-state index in [2.05, 4.69) is 10.4 Å². The van der Waals surface area contributed by atoms with Crippen LogP contribution in [0.15, 0.2) is 21.7 Å². The summed E-state index contributed by atoms with van der Waals surface area (Å²) in [5.41, 5.74) is -0.980. The first-order valence-corrected chi connectivity index (χ1v) is 6.79. The number of carbonyl (C=O) groups is 2. The summed E-state index contributed by atoms with van der Waals surface area (Å²) in [4.78, 5) is 45.7. The molecule has 2 atom stereocenters. The average Bonchev–Trinajstić information content (AvgIpc) is 2.43. The van der Waals surface area contributed by atoms with E-state index in [1.54, 1.807) is 0 Å². The first-order chi connectivity index (χ1) is 9.97. The Balaban J connectivity index is 2.03. The number of carboxylic acids is 1. The van der Waals surface area contributed by atoms with Crippen LogP contribution in [0.1, 0.15) is 25.7 Å². The summed E-state index contributed by atoms with van der Waals surface area (Å²) in [7, 11) is 0. The number of carboxylic acid groups (broad SMARTS) is 1. The standard InChI is InChI=1S/C13H17N3O5/c17-10-5-6-12(19)16(15-10)7-11(18)14-9-4-2-1-3-8(9)13(20)21/h5-6,8-9H,1-4,7H2,(H,14,18)(H,15,17)(H,20,21). The van der Waals surface area contributed by atoms with Gasteiger partial charge in [0.2, 0.25) is 5.91 Å². The molecule has 2 unspecified atom stereocenters. The second-order valence-electron chi connectivity index (χ2n) is 5.14. The summed E-state index contributed by atoms with van der Waals surface area (Å²) >= 11 is 0. The van der Waals surface area contributed by atoms with Gasteiger partial charge < -0.3 is 10.4 Å². The molecule has 1 fully saturated rings. The minimum atomic E-state index is -0.926. The molecule has 0 aromatic carbocycles. The van der Waals surface area contributed by atoms with Gasteiger partial charge in [-0.2, -0.15) is 0 Å². The highest BCUT2D eigenvalue weighted by molar-refractivity contribution is 5.78. The number of hydrogen-bond acceptors (Lipinski definition) is 4. The largest absolute Gasteiger partial charge is 0.481 e. The maximum atomic E-state index is 11.9. The molecule has 0 saturated heterocycles. The highest BCUT2D eigenvalue weighted by Gasteiger charge is 2.31. The molecule has 1 aliphatic carbocycles. The van der Waals surface area contributed by atoms with E-state index in [0.29, 0.717) is 12.8 Å². The molecule has 0 spiro atoms. The van der Waals surface area contributed by atoms with Gasteiger partial charge in [0.25, 0.3) is 11.1 Å². The first-order valence-electron chi connectivity index (χ1n) is 6.79. The number of rotatable bonds is 4. The highest BCUT2D eigenvalue weighted by Crippen LogP contribution is 2.24. The molecule has 0 radical (unpaired) electrons. The lowest BCUT2D eigenvalue weighted by atomic mass is 9.84. The molecule has 1 saturated carbocycles. The van der Waals surface area contributed by atoms with E-state index in [-0.39, 0.29) is 6.54 Å². The van der Waals surface area contributed by atoms with Crippen LogP contribution in [0.3, 0.4) is 0 Å². The second kappa shape index (κ2) is 6.38. The Morgan fingerprint density at radius 2 is 2.00 bits per heavy atom. The van der Waals surface area contributed by atoms with Crippen molar-refractivity contribution in [2.75, 3.05) is 0 Å². The molecular formula is C13H17N3O5. The summed E-state index contributed by atoms with van der Waals surface area (Å²) in [5, 5.41) is 14.0. The minimum Gasteiger partial charge on any atom is -0.481 e. The summed E-state index contributed by atoms with van der Waals surface area (Å²) in [5.74, 6) is -2.02. The lowest BCUT2D eigenvalue weighted by molar-refractivity contribution is -0.144. The fraction of sp³-hybridized carbons (Fsp3) is 0.538. The number of hydrogen-bond donors (Lipinski definition) is 3.